The molecule has 28 heavy (non-hydrogen) atoms. The second-order valence-corrected chi connectivity index (χ2v) is 6.13. The summed E-state index contributed by atoms with van der Waals surface area (Å²) in [5.74, 6) is -2.45. The summed E-state index contributed by atoms with van der Waals surface area (Å²) in [6, 6.07) is 10.6. The summed E-state index contributed by atoms with van der Waals surface area (Å²) >= 11 is 0. The minimum absolute atomic E-state index is 0.111. The normalized spacial score (nSPS) is 15.7. The van der Waals surface area contributed by atoms with Crippen LogP contribution in [0.5, 0.6) is 0 Å². The fourth-order valence-corrected chi connectivity index (χ4v) is 2.89. The second-order valence-electron chi connectivity index (χ2n) is 6.13. The standard InChI is InChI=1S/C20H14F3NO4/c21-20(22,23)13-7-5-12(6-8-13)11-16-14-3-1-2-4-15(14)18(27)24(19(16)28)10-9-17(25)26/h1-8,11H,9-10H2,(H,25,26)/b16-11+. The van der Waals surface area contributed by atoms with Gasteiger partial charge in [0.15, 0.2) is 0 Å². The Labute approximate surface area is 157 Å². The van der Waals surface area contributed by atoms with Crippen LogP contribution in [-0.4, -0.2) is 34.3 Å². The van der Waals surface area contributed by atoms with Crippen molar-refractivity contribution >= 4 is 29.4 Å². The van der Waals surface area contributed by atoms with Crippen LogP contribution in [0.4, 0.5) is 13.2 Å². The molecule has 1 aliphatic rings. The fraction of sp³-hybridized carbons (Fsp3) is 0.150. The first-order valence-corrected chi connectivity index (χ1v) is 8.25. The van der Waals surface area contributed by atoms with Gasteiger partial charge in [-0.2, -0.15) is 13.2 Å². The number of amides is 2. The number of rotatable bonds is 4. The summed E-state index contributed by atoms with van der Waals surface area (Å²) in [6.07, 6.45) is -3.49. The van der Waals surface area contributed by atoms with Crippen molar-refractivity contribution in [3.05, 3.63) is 70.8 Å². The number of carboxylic acids is 1. The molecule has 1 heterocycles. The number of carboxylic acid groups (broad SMARTS) is 1. The van der Waals surface area contributed by atoms with Crippen molar-refractivity contribution in [2.45, 2.75) is 12.6 Å². The Morgan fingerprint density at radius 1 is 0.964 bits per heavy atom. The molecule has 2 amide bonds. The molecule has 0 radical (unpaired) electrons. The van der Waals surface area contributed by atoms with Crippen molar-refractivity contribution in [3.8, 4) is 0 Å². The number of fused-ring (bicyclic) bond motifs is 1. The molecule has 8 heteroatoms. The van der Waals surface area contributed by atoms with Crippen molar-refractivity contribution in [3.63, 3.8) is 0 Å². The molecule has 0 aromatic heterocycles. The average molecular weight is 389 g/mol. The van der Waals surface area contributed by atoms with Gasteiger partial charge >= 0.3 is 12.1 Å². The maximum atomic E-state index is 12.8. The van der Waals surface area contributed by atoms with E-state index in [-0.39, 0.29) is 17.7 Å². The maximum Gasteiger partial charge on any atom is 0.416 e. The highest BCUT2D eigenvalue weighted by molar-refractivity contribution is 6.33. The van der Waals surface area contributed by atoms with Crippen molar-refractivity contribution in [2.75, 3.05) is 6.54 Å². The number of aliphatic carboxylic acids is 1. The van der Waals surface area contributed by atoms with Crippen LogP contribution in [0.15, 0.2) is 48.5 Å². The number of halogens is 3. The summed E-state index contributed by atoms with van der Waals surface area (Å²) in [5, 5.41) is 8.85. The van der Waals surface area contributed by atoms with Gasteiger partial charge in [-0.25, -0.2) is 0 Å². The number of alkyl halides is 3. The third kappa shape index (κ3) is 3.80. The number of hydrogen-bond donors (Lipinski definition) is 1. The van der Waals surface area contributed by atoms with Gasteiger partial charge in [0.1, 0.15) is 0 Å². The summed E-state index contributed by atoms with van der Waals surface area (Å²) in [6.45, 7) is -0.300. The van der Waals surface area contributed by atoms with E-state index in [2.05, 4.69) is 0 Å². The van der Waals surface area contributed by atoms with Crippen LogP contribution in [0.25, 0.3) is 11.6 Å². The maximum absolute atomic E-state index is 12.8. The molecular weight excluding hydrogens is 375 g/mol. The molecular formula is C20H14F3NO4. The van der Waals surface area contributed by atoms with E-state index in [9.17, 15) is 27.6 Å². The Morgan fingerprint density at radius 2 is 1.57 bits per heavy atom. The summed E-state index contributed by atoms with van der Waals surface area (Å²) < 4.78 is 38.2. The van der Waals surface area contributed by atoms with Crippen molar-refractivity contribution in [2.24, 2.45) is 0 Å². The van der Waals surface area contributed by atoms with Gasteiger partial charge in [-0.05, 0) is 35.4 Å². The predicted molar refractivity (Wildman–Crippen MR) is 94.1 cm³/mol. The van der Waals surface area contributed by atoms with E-state index in [1.54, 1.807) is 18.2 Å². The molecule has 1 N–H and O–H groups in total. The van der Waals surface area contributed by atoms with Crippen LogP contribution >= 0.6 is 0 Å². The third-order valence-electron chi connectivity index (χ3n) is 4.27. The minimum atomic E-state index is -4.47. The van der Waals surface area contributed by atoms with Crippen LogP contribution in [0, 0.1) is 0 Å². The van der Waals surface area contributed by atoms with Crippen LogP contribution in [-0.2, 0) is 15.8 Å². The van der Waals surface area contributed by atoms with Gasteiger partial charge in [0.05, 0.1) is 12.0 Å². The first-order valence-electron chi connectivity index (χ1n) is 8.25. The molecule has 0 spiro atoms. The molecule has 144 valence electrons. The Kier molecular flexibility index (Phi) is 5.04. The summed E-state index contributed by atoms with van der Waals surface area (Å²) in [4.78, 5) is 37.0. The number of carbonyl (C=O) groups excluding carboxylic acids is 2. The van der Waals surface area contributed by atoms with E-state index < -0.39 is 35.9 Å². The molecule has 0 saturated carbocycles. The molecule has 0 bridgehead atoms. The largest absolute Gasteiger partial charge is 0.481 e. The zero-order valence-corrected chi connectivity index (χ0v) is 14.4. The van der Waals surface area contributed by atoms with Crippen LogP contribution in [0.1, 0.15) is 33.5 Å². The van der Waals surface area contributed by atoms with E-state index in [1.165, 1.54) is 24.3 Å². The fourth-order valence-electron chi connectivity index (χ4n) is 2.89. The zero-order chi connectivity index (χ0) is 20.5. The second kappa shape index (κ2) is 7.30. The molecule has 2 aromatic rings. The topological polar surface area (TPSA) is 74.7 Å². The number of imide groups is 1. The zero-order valence-electron chi connectivity index (χ0n) is 14.4. The van der Waals surface area contributed by atoms with Crippen molar-refractivity contribution < 1.29 is 32.7 Å². The van der Waals surface area contributed by atoms with Crippen LogP contribution < -0.4 is 0 Å². The van der Waals surface area contributed by atoms with Crippen molar-refractivity contribution in [1.82, 2.24) is 4.90 Å². The van der Waals surface area contributed by atoms with Gasteiger partial charge in [0.25, 0.3) is 11.8 Å². The number of hydrogen-bond acceptors (Lipinski definition) is 3. The molecule has 0 saturated heterocycles. The highest BCUT2D eigenvalue weighted by atomic mass is 19.4. The quantitative estimate of drug-likeness (QED) is 0.639. The van der Waals surface area contributed by atoms with Crippen LogP contribution in [0.2, 0.25) is 0 Å². The predicted octanol–water partition coefficient (Wildman–Crippen LogP) is 3.70. The monoisotopic (exact) mass is 389 g/mol. The molecule has 0 unspecified atom stereocenters. The van der Waals surface area contributed by atoms with E-state index >= 15 is 0 Å². The number of benzene rings is 2. The van der Waals surface area contributed by atoms with Crippen LogP contribution in [0.3, 0.4) is 0 Å². The highest BCUT2D eigenvalue weighted by Crippen LogP contribution is 2.32. The lowest BCUT2D eigenvalue weighted by molar-refractivity contribution is -0.138. The lowest BCUT2D eigenvalue weighted by atomic mass is 9.92. The molecule has 2 aromatic carbocycles. The first-order chi connectivity index (χ1) is 13.2. The van der Waals surface area contributed by atoms with E-state index in [1.807, 2.05) is 0 Å². The summed E-state index contributed by atoms with van der Waals surface area (Å²) in [5.41, 5.74) is 0.219. The number of nitrogens with zero attached hydrogens (tertiary/aromatic N) is 1. The molecule has 1 aliphatic heterocycles. The third-order valence-corrected chi connectivity index (χ3v) is 4.27. The molecule has 0 atom stereocenters. The van der Waals surface area contributed by atoms with Gasteiger partial charge < -0.3 is 5.11 Å². The molecule has 0 fully saturated rings. The van der Waals surface area contributed by atoms with E-state index in [0.717, 1.165) is 17.0 Å². The lowest BCUT2D eigenvalue weighted by Gasteiger charge is -2.28. The summed E-state index contributed by atoms with van der Waals surface area (Å²) in [7, 11) is 0. The Morgan fingerprint density at radius 3 is 2.14 bits per heavy atom. The SMILES string of the molecule is O=C(O)CCN1C(=O)/C(=C/c2ccc(C(F)(F)F)cc2)c2ccccc2C1=O. The molecule has 5 nitrogen and oxygen atoms in total. The smallest absolute Gasteiger partial charge is 0.416 e. The van der Waals surface area contributed by atoms with Gasteiger partial charge in [-0.15, -0.1) is 0 Å². The van der Waals surface area contributed by atoms with Gasteiger partial charge in [-0.3, -0.25) is 19.3 Å². The average Bonchev–Trinajstić information content (AvgIpc) is 2.64. The van der Waals surface area contributed by atoms with Gasteiger partial charge in [0, 0.05) is 17.7 Å². The van der Waals surface area contributed by atoms with Gasteiger partial charge in [0.2, 0.25) is 0 Å². The van der Waals surface area contributed by atoms with Crippen molar-refractivity contribution in [1.29, 1.82) is 0 Å². The lowest BCUT2D eigenvalue weighted by Crippen LogP contribution is -2.42. The number of carbonyl (C=O) groups is 3. The van der Waals surface area contributed by atoms with Gasteiger partial charge in [-0.1, -0.05) is 30.3 Å². The minimum Gasteiger partial charge on any atom is -0.481 e. The van der Waals surface area contributed by atoms with E-state index in [0.29, 0.717) is 11.1 Å². The Bertz CT molecular complexity index is 978. The molecule has 0 aliphatic carbocycles. The Balaban J connectivity index is 2.04. The molecule has 3 rings (SSSR count). The first kappa shape index (κ1) is 19.3. The Hall–Kier alpha value is -3.42. The highest BCUT2D eigenvalue weighted by Gasteiger charge is 2.35. The van der Waals surface area contributed by atoms with E-state index in [4.69, 9.17) is 5.11 Å².